The molecule has 0 bridgehead atoms. The first-order valence-corrected chi connectivity index (χ1v) is 12.1. The number of carbonyl (C=O) groups excluding carboxylic acids is 1. The molecule has 7 nitrogen and oxygen atoms in total. The lowest BCUT2D eigenvalue weighted by Crippen LogP contribution is -2.49. The predicted octanol–water partition coefficient (Wildman–Crippen LogP) is 2.00. The minimum absolute atomic E-state index is 0.120. The molecule has 0 N–H and O–H groups in total. The molecule has 0 radical (unpaired) electrons. The molecule has 0 unspecified atom stereocenters. The molecule has 2 aromatic rings. The highest BCUT2D eigenvalue weighted by atomic mass is 35.5. The number of piperazine rings is 1. The number of sulfone groups is 1. The topological polar surface area (TPSA) is 75.5 Å². The van der Waals surface area contributed by atoms with E-state index < -0.39 is 9.84 Å². The van der Waals surface area contributed by atoms with Crippen LogP contribution in [0, 0.1) is 13.8 Å². The third-order valence-corrected chi connectivity index (χ3v) is 6.48. The lowest BCUT2D eigenvalue weighted by Gasteiger charge is -2.34. The van der Waals surface area contributed by atoms with Crippen molar-refractivity contribution in [3.63, 3.8) is 0 Å². The van der Waals surface area contributed by atoms with E-state index in [4.69, 9.17) is 11.6 Å². The van der Waals surface area contributed by atoms with Crippen molar-refractivity contribution in [2.24, 2.45) is 0 Å². The molecule has 0 atom stereocenters. The number of halogens is 1. The largest absolute Gasteiger partial charge is 0.336 e. The number of aryl methyl sites for hydroxylation is 2. The van der Waals surface area contributed by atoms with E-state index in [0.29, 0.717) is 55.7 Å². The zero-order valence-electron chi connectivity index (χ0n) is 17.1. The fourth-order valence-corrected chi connectivity index (χ4v) is 4.30. The number of rotatable bonds is 6. The van der Waals surface area contributed by atoms with Crippen molar-refractivity contribution in [2.75, 3.05) is 44.7 Å². The third-order valence-electron chi connectivity index (χ3n) is 5.17. The van der Waals surface area contributed by atoms with Crippen LogP contribution in [-0.4, -0.2) is 78.6 Å². The summed E-state index contributed by atoms with van der Waals surface area (Å²) in [5.41, 5.74) is 3.32. The van der Waals surface area contributed by atoms with Crippen molar-refractivity contribution in [2.45, 2.75) is 20.4 Å². The molecule has 9 heteroatoms. The lowest BCUT2D eigenvalue weighted by molar-refractivity contribution is 0.0643. The Bertz CT molecular complexity index is 978. The second kappa shape index (κ2) is 8.85. The highest BCUT2D eigenvalue weighted by Gasteiger charge is 2.28. The monoisotopic (exact) mass is 438 g/mol. The van der Waals surface area contributed by atoms with Crippen molar-refractivity contribution in [1.82, 2.24) is 19.6 Å². The van der Waals surface area contributed by atoms with Gasteiger partial charge in [0, 0.05) is 39.0 Å². The van der Waals surface area contributed by atoms with Crippen LogP contribution in [0.2, 0.25) is 5.15 Å². The Morgan fingerprint density at radius 2 is 1.72 bits per heavy atom. The van der Waals surface area contributed by atoms with E-state index in [1.54, 1.807) is 16.5 Å². The molecule has 1 aliphatic heterocycles. The fourth-order valence-electron chi connectivity index (χ4n) is 3.40. The summed E-state index contributed by atoms with van der Waals surface area (Å²) in [6.07, 6.45) is 1.24. The molecule has 2 heterocycles. The Balaban J connectivity index is 1.65. The maximum absolute atomic E-state index is 13.0. The van der Waals surface area contributed by atoms with Crippen molar-refractivity contribution in [1.29, 1.82) is 0 Å². The first-order valence-electron chi connectivity index (χ1n) is 9.62. The van der Waals surface area contributed by atoms with Crippen LogP contribution < -0.4 is 0 Å². The number of amides is 1. The predicted molar refractivity (Wildman–Crippen MR) is 114 cm³/mol. The van der Waals surface area contributed by atoms with E-state index in [-0.39, 0.29) is 11.7 Å². The summed E-state index contributed by atoms with van der Waals surface area (Å²) in [4.78, 5) is 16.9. The van der Waals surface area contributed by atoms with Crippen LogP contribution >= 0.6 is 11.6 Å². The van der Waals surface area contributed by atoms with Crippen molar-refractivity contribution >= 4 is 27.3 Å². The second-order valence-electron chi connectivity index (χ2n) is 7.66. The van der Waals surface area contributed by atoms with E-state index in [0.717, 1.165) is 5.56 Å². The fraction of sp³-hybridized carbons (Fsp3) is 0.500. The summed E-state index contributed by atoms with van der Waals surface area (Å²) in [5, 5.41) is 4.83. The molecule has 1 aromatic carbocycles. The molecule has 158 valence electrons. The Hall–Kier alpha value is -1.90. The van der Waals surface area contributed by atoms with Crippen LogP contribution in [0.1, 0.15) is 27.2 Å². The van der Waals surface area contributed by atoms with Crippen molar-refractivity contribution in [3.05, 3.63) is 51.8 Å². The number of nitrogens with zero attached hydrogens (tertiary/aromatic N) is 4. The molecule has 1 aliphatic rings. The van der Waals surface area contributed by atoms with Crippen LogP contribution in [0.4, 0.5) is 0 Å². The highest BCUT2D eigenvalue weighted by Crippen LogP contribution is 2.23. The molecule has 1 fully saturated rings. The van der Waals surface area contributed by atoms with Gasteiger partial charge < -0.3 is 4.90 Å². The van der Waals surface area contributed by atoms with Gasteiger partial charge in [-0.1, -0.05) is 41.4 Å². The van der Waals surface area contributed by atoms with Crippen LogP contribution in [-0.2, 0) is 16.4 Å². The van der Waals surface area contributed by atoms with Gasteiger partial charge in [-0.15, -0.1) is 0 Å². The molecule has 0 saturated carbocycles. The van der Waals surface area contributed by atoms with Gasteiger partial charge in [-0.05, 0) is 19.4 Å². The number of hydrogen-bond donors (Lipinski definition) is 0. The van der Waals surface area contributed by atoms with E-state index in [9.17, 15) is 13.2 Å². The summed E-state index contributed by atoms with van der Waals surface area (Å²) < 4.78 is 24.3. The highest BCUT2D eigenvalue weighted by molar-refractivity contribution is 7.90. The molecule has 29 heavy (non-hydrogen) atoms. The van der Waals surface area contributed by atoms with Gasteiger partial charge in [-0.2, -0.15) is 5.10 Å². The number of hydrogen-bond acceptors (Lipinski definition) is 5. The van der Waals surface area contributed by atoms with Crippen molar-refractivity contribution in [3.8, 4) is 0 Å². The van der Waals surface area contributed by atoms with Gasteiger partial charge in [0.25, 0.3) is 5.91 Å². The average Bonchev–Trinajstić information content (AvgIpc) is 2.94. The van der Waals surface area contributed by atoms with Crippen LogP contribution in [0.15, 0.2) is 24.3 Å². The molecular formula is C20H27ClN4O3S. The van der Waals surface area contributed by atoms with Crippen LogP contribution in [0.3, 0.4) is 0 Å². The summed E-state index contributed by atoms with van der Waals surface area (Å²) in [6, 6.07) is 8.13. The van der Waals surface area contributed by atoms with Gasteiger partial charge in [0.05, 0.1) is 23.6 Å². The summed E-state index contributed by atoms with van der Waals surface area (Å²) in [6.45, 7) is 7.22. The Morgan fingerprint density at radius 1 is 1.10 bits per heavy atom. The Labute approximate surface area is 177 Å². The number of carbonyl (C=O) groups is 1. The molecular weight excluding hydrogens is 412 g/mol. The Kier molecular flexibility index (Phi) is 6.65. The second-order valence-corrected chi connectivity index (χ2v) is 10.3. The van der Waals surface area contributed by atoms with E-state index in [2.05, 4.69) is 10.00 Å². The molecule has 1 saturated heterocycles. The zero-order valence-corrected chi connectivity index (χ0v) is 18.6. The normalized spacial score (nSPS) is 15.7. The van der Waals surface area contributed by atoms with Gasteiger partial charge in [-0.25, -0.2) is 13.1 Å². The van der Waals surface area contributed by atoms with Gasteiger partial charge >= 0.3 is 0 Å². The maximum atomic E-state index is 13.0. The summed E-state index contributed by atoms with van der Waals surface area (Å²) >= 11 is 6.53. The van der Waals surface area contributed by atoms with E-state index in [1.807, 2.05) is 31.2 Å². The standard InChI is InChI=1S/C20H27ClN4O3S/c1-15-4-6-17(7-5-15)14-25-19(21)18(16(2)22-25)20(26)24-10-8-23(9-11-24)12-13-29(3,27)28/h4-7H,8-14H2,1-3H3. The maximum Gasteiger partial charge on any atom is 0.258 e. The lowest BCUT2D eigenvalue weighted by atomic mass is 10.1. The molecule has 0 aliphatic carbocycles. The first-order chi connectivity index (χ1) is 13.6. The van der Waals surface area contributed by atoms with Crippen LogP contribution in [0.25, 0.3) is 0 Å². The third kappa shape index (κ3) is 5.58. The van der Waals surface area contributed by atoms with Crippen LogP contribution in [0.5, 0.6) is 0 Å². The molecule has 0 spiro atoms. The summed E-state index contributed by atoms with van der Waals surface area (Å²) in [7, 11) is -2.98. The number of benzene rings is 1. The minimum atomic E-state index is -2.98. The zero-order chi connectivity index (χ0) is 21.2. The average molecular weight is 439 g/mol. The summed E-state index contributed by atoms with van der Waals surface area (Å²) in [5.74, 6) is 0.0166. The smallest absolute Gasteiger partial charge is 0.258 e. The molecule has 1 amide bonds. The minimum Gasteiger partial charge on any atom is -0.336 e. The van der Waals surface area contributed by atoms with Gasteiger partial charge in [0.1, 0.15) is 15.0 Å². The van der Waals surface area contributed by atoms with E-state index in [1.165, 1.54) is 11.8 Å². The number of aromatic nitrogens is 2. The SMILES string of the molecule is Cc1ccc(Cn2nc(C)c(C(=O)N3CCN(CCS(C)(=O)=O)CC3)c2Cl)cc1. The Morgan fingerprint density at radius 3 is 2.31 bits per heavy atom. The first kappa shape index (κ1) is 21.8. The van der Waals surface area contributed by atoms with Crippen molar-refractivity contribution < 1.29 is 13.2 Å². The van der Waals surface area contributed by atoms with Gasteiger partial charge in [0.15, 0.2) is 0 Å². The van der Waals surface area contributed by atoms with Gasteiger partial charge in [0.2, 0.25) is 0 Å². The quantitative estimate of drug-likeness (QED) is 0.689. The molecule has 1 aromatic heterocycles. The van der Waals surface area contributed by atoms with E-state index >= 15 is 0 Å². The molecule has 3 rings (SSSR count). The van der Waals surface area contributed by atoms with Gasteiger partial charge in [-0.3, -0.25) is 9.69 Å².